The second-order valence-electron chi connectivity index (χ2n) is 2.84. The van der Waals surface area contributed by atoms with Crippen molar-refractivity contribution in [1.82, 2.24) is 20.2 Å². The third-order valence-corrected chi connectivity index (χ3v) is 3.90. The maximum atomic E-state index is 6.10. The quantitative estimate of drug-likeness (QED) is 0.620. The van der Waals surface area contributed by atoms with E-state index >= 15 is 0 Å². The molecule has 0 amide bonds. The Morgan fingerprint density at radius 2 is 2.00 bits per heavy atom. The van der Waals surface area contributed by atoms with Crippen LogP contribution < -0.4 is 0 Å². The molecule has 0 saturated carbocycles. The molecule has 0 aliphatic rings. The number of halogens is 4. The summed E-state index contributed by atoms with van der Waals surface area (Å²) < 4.78 is 2.16. The van der Waals surface area contributed by atoms with Crippen molar-refractivity contribution in [2.45, 2.75) is 5.88 Å². The smallest absolute Gasteiger partial charge is 0.171 e. The Morgan fingerprint density at radius 1 is 1.25 bits per heavy atom. The average molecular weight is 342 g/mol. The van der Waals surface area contributed by atoms with Gasteiger partial charge in [-0.15, -0.1) is 16.7 Å². The lowest BCUT2D eigenvalue weighted by molar-refractivity contribution is 0.777. The number of hydrogen-bond donors (Lipinski definition) is 0. The van der Waals surface area contributed by atoms with Crippen molar-refractivity contribution in [3.05, 3.63) is 32.5 Å². The minimum Gasteiger partial charge on any atom is -0.195 e. The van der Waals surface area contributed by atoms with Gasteiger partial charge in [0, 0.05) is 4.47 Å². The van der Waals surface area contributed by atoms with Crippen molar-refractivity contribution in [2.24, 2.45) is 0 Å². The number of tetrazole rings is 1. The lowest BCUT2D eigenvalue weighted by Crippen LogP contribution is -2.02. The summed E-state index contributed by atoms with van der Waals surface area (Å²) in [6, 6.07) is 3.52. The Hall–Kier alpha value is -0.360. The van der Waals surface area contributed by atoms with E-state index in [0.717, 1.165) is 0 Å². The van der Waals surface area contributed by atoms with Crippen molar-refractivity contribution in [1.29, 1.82) is 0 Å². The second kappa shape index (κ2) is 4.87. The van der Waals surface area contributed by atoms with Crippen LogP contribution in [0.15, 0.2) is 16.6 Å². The molecule has 1 aromatic carbocycles. The van der Waals surface area contributed by atoms with Gasteiger partial charge in [-0.25, -0.2) is 0 Å². The van der Waals surface area contributed by atoms with Gasteiger partial charge in [-0.3, -0.25) is 0 Å². The van der Waals surface area contributed by atoms with Gasteiger partial charge in [0.05, 0.1) is 21.6 Å². The van der Waals surface area contributed by atoms with Gasteiger partial charge in [0.25, 0.3) is 0 Å². The number of aromatic nitrogens is 4. The van der Waals surface area contributed by atoms with Crippen molar-refractivity contribution in [3.63, 3.8) is 0 Å². The molecule has 0 atom stereocenters. The fourth-order valence-corrected chi connectivity index (χ4v) is 2.17. The van der Waals surface area contributed by atoms with Crippen LogP contribution in [0.2, 0.25) is 10.0 Å². The van der Waals surface area contributed by atoms with Crippen LogP contribution in [0.3, 0.4) is 0 Å². The summed E-state index contributed by atoms with van der Waals surface area (Å²) in [6.45, 7) is 0. The van der Waals surface area contributed by atoms with E-state index in [-0.39, 0.29) is 5.88 Å². The van der Waals surface area contributed by atoms with E-state index < -0.39 is 0 Å². The molecule has 0 bridgehead atoms. The molecule has 1 heterocycles. The van der Waals surface area contributed by atoms with Gasteiger partial charge in [0.15, 0.2) is 5.82 Å². The Kier molecular flexibility index (Phi) is 3.69. The zero-order chi connectivity index (χ0) is 11.7. The molecule has 0 aliphatic heterocycles. The zero-order valence-corrected chi connectivity index (χ0v) is 11.5. The fourth-order valence-electron chi connectivity index (χ4n) is 1.16. The molecular weight excluding hydrogens is 338 g/mol. The molecule has 0 fully saturated rings. The Labute approximate surface area is 115 Å². The zero-order valence-electron chi connectivity index (χ0n) is 7.66. The van der Waals surface area contributed by atoms with Crippen LogP contribution in [0.1, 0.15) is 5.82 Å². The minimum absolute atomic E-state index is 0.191. The molecule has 84 valence electrons. The SMILES string of the molecule is ClCc1nnnn1-c1ccc(Br)c(Cl)c1Cl. The highest BCUT2D eigenvalue weighted by Crippen LogP contribution is 2.34. The van der Waals surface area contributed by atoms with Gasteiger partial charge in [0.2, 0.25) is 0 Å². The molecule has 0 N–H and O–H groups in total. The van der Waals surface area contributed by atoms with Crippen LogP contribution in [-0.2, 0) is 5.88 Å². The van der Waals surface area contributed by atoms with E-state index in [9.17, 15) is 0 Å². The predicted molar refractivity (Wildman–Crippen MR) is 66.4 cm³/mol. The first-order valence-electron chi connectivity index (χ1n) is 4.12. The van der Waals surface area contributed by atoms with Gasteiger partial charge >= 0.3 is 0 Å². The molecule has 16 heavy (non-hydrogen) atoms. The third-order valence-electron chi connectivity index (χ3n) is 1.90. The van der Waals surface area contributed by atoms with Crippen molar-refractivity contribution in [3.8, 4) is 5.69 Å². The van der Waals surface area contributed by atoms with Gasteiger partial charge in [0.1, 0.15) is 0 Å². The number of benzene rings is 1. The first kappa shape index (κ1) is 12.1. The van der Waals surface area contributed by atoms with Crippen LogP contribution in [-0.4, -0.2) is 20.2 Å². The van der Waals surface area contributed by atoms with E-state index in [1.807, 2.05) is 0 Å². The van der Waals surface area contributed by atoms with Crippen molar-refractivity contribution >= 4 is 50.7 Å². The van der Waals surface area contributed by atoms with Crippen LogP contribution in [0, 0.1) is 0 Å². The van der Waals surface area contributed by atoms with Crippen LogP contribution >= 0.6 is 50.7 Å². The highest BCUT2D eigenvalue weighted by atomic mass is 79.9. The molecule has 2 aromatic rings. The summed E-state index contributed by atoms with van der Waals surface area (Å²) in [7, 11) is 0. The summed E-state index contributed by atoms with van der Waals surface area (Å²) >= 11 is 21.1. The molecular formula is C8H4BrCl3N4. The summed E-state index contributed by atoms with van der Waals surface area (Å²) in [5.41, 5.74) is 0.593. The maximum absolute atomic E-state index is 6.10. The molecule has 0 spiro atoms. The summed E-state index contributed by atoms with van der Waals surface area (Å²) in [6.07, 6.45) is 0. The van der Waals surface area contributed by atoms with E-state index in [2.05, 4.69) is 31.5 Å². The molecule has 0 aliphatic carbocycles. The fraction of sp³-hybridized carbons (Fsp3) is 0.125. The van der Waals surface area contributed by atoms with Crippen molar-refractivity contribution < 1.29 is 0 Å². The van der Waals surface area contributed by atoms with E-state index in [1.165, 1.54) is 4.68 Å². The first-order chi connectivity index (χ1) is 7.65. The van der Waals surface area contributed by atoms with Crippen molar-refractivity contribution in [2.75, 3.05) is 0 Å². The van der Waals surface area contributed by atoms with E-state index in [1.54, 1.807) is 12.1 Å². The summed E-state index contributed by atoms with van der Waals surface area (Å²) in [4.78, 5) is 0. The van der Waals surface area contributed by atoms with Gasteiger partial charge in [-0.05, 0) is 38.5 Å². The standard InChI is InChI=1S/C8H4BrCl3N4/c9-4-1-2-5(8(12)7(4)11)16-6(3-10)13-14-15-16/h1-2H,3H2. The lowest BCUT2D eigenvalue weighted by Gasteiger charge is -2.07. The largest absolute Gasteiger partial charge is 0.195 e. The monoisotopic (exact) mass is 340 g/mol. The molecule has 0 saturated heterocycles. The molecule has 0 unspecified atom stereocenters. The highest BCUT2D eigenvalue weighted by molar-refractivity contribution is 9.10. The van der Waals surface area contributed by atoms with Crippen LogP contribution in [0.25, 0.3) is 5.69 Å². The number of hydrogen-bond acceptors (Lipinski definition) is 3. The summed E-state index contributed by atoms with van der Waals surface area (Å²) in [5, 5.41) is 11.9. The molecule has 8 heteroatoms. The maximum Gasteiger partial charge on any atom is 0.171 e. The second-order valence-corrected chi connectivity index (χ2v) is 4.71. The predicted octanol–water partition coefficient (Wildman–Crippen LogP) is 3.47. The van der Waals surface area contributed by atoms with Gasteiger partial charge in [-0.1, -0.05) is 23.2 Å². The Bertz CT molecular complexity index is 528. The third kappa shape index (κ3) is 2.05. The van der Waals surface area contributed by atoms with Crippen LogP contribution in [0.4, 0.5) is 0 Å². The van der Waals surface area contributed by atoms with E-state index in [4.69, 9.17) is 34.8 Å². The molecule has 4 nitrogen and oxygen atoms in total. The molecule has 0 radical (unpaired) electrons. The van der Waals surface area contributed by atoms with E-state index in [0.29, 0.717) is 26.0 Å². The Morgan fingerprint density at radius 3 is 2.69 bits per heavy atom. The number of nitrogens with zero attached hydrogens (tertiary/aromatic N) is 4. The van der Waals surface area contributed by atoms with Crippen LogP contribution in [0.5, 0.6) is 0 Å². The first-order valence-corrected chi connectivity index (χ1v) is 6.20. The number of alkyl halides is 1. The summed E-state index contributed by atoms with van der Waals surface area (Å²) in [5.74, 6) is 0.693. The van der Waals surface area contributed by atoms with Gasteiger partial charge < -0.3 is 0 Å². The Balaban J connectivity index is 2.61. The minimum atomic E-state index is 0.191. The lowest BCUT2D eigenvalue weighted by atomic mass is 10.3. The average Bonchev–Trinajstić information content (AvgIpc) is 2.74. The molecule has 1 aromatic heterocycles. The normalized spacial score (nSPS) is 10.8. The highest BCUT2D eigenvalue weighted by Gasteiger charge is 2.14. The van der Waals surface area contributed by atoms with Gasteiger partial charge in [-0.2, -0.15) is 4.68 Å². The molecule has 2 rings (SSSR count). The topological polar surface area (TPSA) is 43.6 Å². The number of rotatable bonds is 2.